The number of alkyl halides is 2. The zero-order chi connectivity index (χ0) is 22.3. The molecule has 0 radical (unpaired) electrons. The van der Waals surface area contributed by atoms with Gasteiger partial charge in [0.15, 0.2) is 4.90 Å². The van der Waals surface area contributed by atoms with Gasteiger partial charge in [0.1, 0.15) is 17.5 Å². The molecule has 0 N–H and O–H groups in total. The van der Waals surface area contributed by atoms with Gasteiger partial charge in [0.05, 0.1) is 17.1 Å². The fourth-order valence-electron chi connectivity index (χ4n) is 3.92. The molecule has 0 saturated carbocycles. The third kappa shape index (κ3) is 3.81. The zero-order valence-corrected chi connectivity index (χ0v) is 17.4. The minimum absolute atomic E-state index is 0.0324. The summed E-state index contributed by atoms with van der Waals surface area (Å²) >= 11 is 0. The lowest BCUT2D eigenvalue weighted by molar-refractivity contribution is 0.0615. The molecule has 31 heavy (non-hydrogen) atoms. The van der Waals surface area contributed by atoms with Crippen molar-refractivity contribution >= 4 is 21.1 Å². The number of hydrogen-bond donors (Lipinski definition) is 0. The summed E-state index contributed by atoms with van der Waals surface area (Å²) in [5.74, 6) is -2.13. The fraction of sp³-hybridized carbons (Fsp3) is 0.350. The van der Waals surface area contributed by atoms with E-state index in [9.17, 15) is 26.0 Å². The van der Waals surface area contributed by atoms with E-state index in [1.165, 1.54) is 0 Å². The lowest BCUT2D eigenvalue weighted by atomic mass is 10.2. The summed E-state index contributed by atoms with van der Waals surface area (Å²) in [7, 11) is -4.36. The lowest BCUT2D eigenvalue weighted by Crippen LogP contribution is -2.49. The maximum atomic E-state index is 14.0. The number of sulfonamides is 1. The Hall–Kier alpha value is -2.50. The van der Waals surface area contributed by atoms with Crippen LogP contribution in [0, 0.1) is 11.6 Å². The average Bonchev–Trinajstić information content (AvgIpc) is 3.13. The number of benzene rings is 2. The van der Waals surface area contributed by atoms with Gasteiger partial charge in [-0.2, -0.15) is 13.1 Å². The molecule has 1 atom stereocenters. The second kappa shape index (κ2) is 8.21. The van der Waals surface area contributed by atoms with Crippen LogP contribution in [0.25, 0.3) is 11.0 Å². The number of aromatic nitrogens is 2. The Morgan fingerprint density at radius 1 is 0.935 bits per heavy atom. The molecule has 166 valence electrons. The highest BCUT2D eigenvalue weighted by molar-refractivity contribution is 7.89. The minimum atomic E-state index is -4.36. The normalized spacial score (nSPS) is 17.5. The average molecular weight is 456 g/mol. The van der Waals surface area contributed by atoms with Crippen LogP contribution in [-0.2, 0) is 10.0 Å². The quantitative estimate of drug-likeness (QED) is 0.549. The van der Waals surface area contributed by atoms with Crippen LogP contribution in [0.1, 0.15) is 25.3 Å². The summed E-state index contributed by atoms with van der Waals surface area (Å²) < 4.78 is 82.9. The molecule has 2 heterocycles. The molecule has 1 fully saturated rings. The van der Waals surface area contributed by atoms with Crippen LogP contribution in [0.5, 0.6) is 0 Å². The van der Waals surface area contributed by atoms with Crippen molar-refractivity contribution in [3.63, 3.8) is 0 Å². The van der Waals surface area contributed by atoms with Gasteiger partial charge >= 0.3 is 6.55 Å². The maximum absolute atomic E-state index is 14.0. The second-order valence-corrected chi connectivity index (χ2v) is 9.15. The predicted molar refractivity (Wildman–Crippen MR) is 106 cm³/mol. The molecular formula is C20H20F4N4O2S. The van der Waals surface area contributed by atoms with Gasteiger partial charge in [0, 0.05) is 26.2 Å². The molecule has 0 spiro atoms. The Morgan fingerprint density at radius 3 is 2.16 bits per heavy atom. The number of para-hydroxylation sites is 2. The van der Waals surface area contributed by atoms with Gasteiger partial charge in [-0.05, 0) is 31.2 Å². The van der Waals surface area contributed by atoms with Gasteiger partial charge in [-0.15, -0.1) is 0 Å². The van der Waals surface area contributed by atoms with Crippen molar-refractivity contribution in [3.8, 4) is 0 Å². The molecule has 1 saturated heterocycles. The molecule has 1 aliphatic heterocycles. The first-order valence-corrected chi connectivity index (χ1v) is 11.1. The molecule has 1 aliphatic rings. The van der Waals surface area contributed by atoms with Crippen LogP contribution in [0.3, 0.4) is 0 Å². The third-order valence-electron chi connectivity index (χ3n) is 5.53. The fourth-order valence-corrected chi connectivity index (χ4v) is 5.45. The van der Waals surface area contributed by atoms with E-state index in [0.717, 1.165) is 27.1 Å². The van der Waals surface area contributed by atoms with E-state index in [4.69, 9.17) is 0 Å². The summed E-state index contributed by atoms with van der Waals surface area (Å²) in [6.07, 6.45) is 0. The van der Waals surface area contributed by atoms with Gasteiger partial charge in [-0.25, -0.2) is 22.2 Å². The zero-order valence-electron chi connectivity index (χ0n) is 16.6. The highest BCUT2D eigenvalue weighted by Gasteiger charge is 2.35. The van der Waals surface area contributed by atoms with E-state index in [-0.39, 0.29) is 32.0 Å². The lowest BCUT2D eigenvalue weighted by Gasteiger charge is -2.37. The maximum Gasteiger partial charge on any atom is 0.320 e. The Bertz CT molecular complexity index is 1190. The first-order valence-electron chi connectivity index (χ1n) is 9.65. The minimum Gasteiger partial charge on any atom is -0.291 e. The molecule has 0 aliphatic carbocycles. The topological polar surface area (TPSA) is 58.4 Å². The van der Waals surface area contributed by atoms with E-state index >= 15 is 0 Å². The largest absolute Gasteiger partial charge is 0.320 e. The number of hydrogen-bond acceptors (Lipinski definition) is 4. The first-order chi connectivity index (χ1) is 14.7. The molecule has 0 amide bonds. The summed E-state index contributed by atoms with van der Waals surface area (Å²) in [5, 5.41) is 0. The molecule has 0 unspecified atom stereocenters. The third-order valence-corrected chi connectivity index (χ3v) is 7.48. The van der Waals surface area contributed by atoms with Crippen LogP contribution in [0.15, 0.2) is 47.4 Å². The van der Waals surface area contributed by atoms with Crippen molar-refractivity contribution in [1.82, 2.24) is 18.8 Å². The Morgan fingerprint density at radius 2 is 1.55 bits per heavy atom. The highest BCUT2D eigenvalue weighted by atomic mass is 32.2. The van der Waals surface area contributed by atoms with Crippen molar-refractivity contribution < 1.29 is 26.0 Å². The van der Waals surface area contributed by atoms with Gasteiger partial charge < -0.3 is 0 Å². The van der Waals surface area contributed by atoms with Crippen molar-refractivity contribution in [1.29, 1.82) is 0 Å². The Balaban J connectivity index is 1.56. The molecular weight excluding hydrogens is 436 g/mol. The highest BCUT2D eigenvalue weighted by Crippen LogP contribution is 2.31. The summed E-state index contributed by atoms with van der Waals surface area (Å²) in [4.78, 5) is 5.21. The molecule has 2 aromatic carbocycles. The van der Waals surface area contributed by atoms with Gasteiger partial charge in [-0.1, -0.05) is 18.2 Å². The standard InChI is InChI=1S/C20H20F4N4O2S/c1-13(19-25-16-7-2-3-8-17(16)28(19)20(23)24)26-9-11-27(12-10-26)31(29,30)18-14(21)5-4-6-15(18)22/h2-8,13,20H,9-12H2,1H3/t13-/m1/s1. The monoisotopic (exact) mass is 456 g/mol. The van der Waals surface area contributed by atoms with E-state index < -0.39 is 39.1 Å². The van der Waals surface area contributed by atoms with Gasteiger partial charge in [0.2, 0.25) is 10.0 Å². The van der Waals surface area contributed by atoms with Crippen LogP contribution in [0.4, 0.5) is 17.6 Å². The molecule has 3 aromatic rings. The summed E-state index contributed by atoms with van der Waals surface area (Å²) in [6, 6.07) is 8.95. The summed E-state index contributed by atoms with van der Waals surface area (Å²) in [6.45, 7) is -0.729. The van der Waals surface area contributed by atoms with Crippen LogP contribution in [0.2, 0.25) is 0 Å². The smallest absolute Gasteiger partial charge is 0.291 e. The van der Waals surface area contributed by atoms with Crippen molar-refractivity contribution in [3.05, 3.63) is 59.9 Å². The van der Waals surface area contributed by atoms with Gasteiger partial charge in [-0.3, -0.25) is 9.47 Å². The number of fused-ring (bicyclic) bond motifs is 1. The van der Waals surface area contributed by atoms with Crippen molar-refractivity contribution in [2.75, 3.05) is 26.2 Å². The van der Waals surface area contributed by atoms with E-state index in [1.807, 2.05) is 4.90 Å². The number of piperazine rings is 1. The van der Waals surface area contributed by atoms with Crippen LogP contribution >= 0.6 is 0 Å². The Kier molecular flexibility index (Phi) is 5.75. The number of halogens is 4. The predicted octanol–water partition coefficient (Wildman–Crippen LogP) is 3.78. The molecule has 6 nitrogen and oxygen atoms in total. The van der Waals surface area contributed by atoms with Gasteiger partial charge in [0.25, 0.3) is 0 Å². The second-order valence-electron chi connectivity index (χ2n) is 7.27. The molecule has 0 bridgehead atoms. The van der Waals surface area contributed by atoms with Crippen LogP contribution in [-0.4, -0.2) is 53.4 Å². The number of imidazole rings is 1. The van der Waals surface area contributed by atoms with Crippen LogP contribution < -0.4 is 0 Å². The number of rotatable bonds is 5. The molecule has 11 heteroatoms. The van der Waals surface area contributed by atoms with Crippen molar-refractivity contribution in [2.24, 2.45) is 0 Å². The van der Waals surface area contributed by atoms with E-state index in [2.05, 4.69) is 4.98 Å². The molecule has 1 aromatic heterocycles. The molecule has 4 rings (SSSR count). The van der Waals surface area contributed by atoms with E-state index in [0.29, 0.717) is 11.0 Å². The van der Waals surface area contributed by atoms with E-state index in [1.54, 1.807) is 31.2 Å². The first kappa shape index (κ1) is 21.7. The summed E-state index contributed by atoms with van der Waals surface area (Å²) in [5.41, 5.74) is 0.761. The van der Waals surface area contributed by atoms with Crippen molar-refractivity contribution in [2.45, 2.75) is 24.4 Å². The number of nitrogens with zero attached hydrogens (tertiary/aromatic N) is 4. The SMILES string of the molecule is C[C@H](c1nc2ccccc2n1C(F)F)N1CCN(S(=O)(=O)c2c(F)cccc2F)CC1. The Labute approximate surface area is 176 Å².